The number of para-hydroxylation sites is 1. The van der Waals surface area contributed by atoms with Crippen LogP contribution in [0, 0.1) is 0 Å². The van der Waals surface area contributed by atoms with Crippen molar-refractivity contribution in [2.75, 3.05) is 5.32 Å². The molecule has 1 heterocycles. The van der Waals surface area contributed by atoms with Crippen molar-refractivity contribution in [3.8, 4) is 10.6 Å². The molecule has 3 nitrogen and oxygen atoms in total. The number of benzene rings is 3. The summed E-state index contributed by atoms with van der Waals surface area (Å²) in [6.07, 6.45) is 0. The number of hydrogen-bond donors (Lipinski definition) is 1. The zero-order valence-electron chi connectivity index (χ0n) is 15.6. The fourth-order valence-corrected chi connectivity index (χ4v) is 4.36. The number of anilines is 1. The van der Waals surface area contributed by atoms with E-state index in [-0.39, 0.29) is 5.91 Å². The number of halogens is 1. The maximum absolute atomic E-state index is 12.8. The van der Waals surface area contributed by atoms with Crippen molar-refractivity contribution >= 4 is 49.1 Å². The van der Waals surface area contributed by atoms with Gasteiger partial charge in [0.15, 0.2) is 0 Å². The molecule has 0 saturated carbocycles. The highest BCUT2D eigenvalue weighted by Crippen LogP contribution is 2.36. The van der Waals surface area contributed by atoms with Gasteiger partial charge in [-0.25, -0.2) is 4.98 Å². The zero-order chi connectivity index (χ0) is 19.7. The SMILES string of the molecule is CC(C)c1ccc(C(=O)Nc2ccc(Br)cc2-c2nc3ccccc3s2)cc1. The number of nitrogens with one attached hydrogen (secondary N) is 1. The summed E-state index contributed by atoms with van der Waals surface area (Å²) < 4.78 is 2.07. The van der Waals surface area contributed by atoms with E-state index in [0.717, 1.165) is 30.9 Å². The Morgan fingerprint density at radius 1 is 1.04 bits per heavy atom. The van der Waals surface area contributed by atoms with Gasteiger partial charge in [0, 0.05) is 15.6 Å². The van der Waals surface area contributed by atoms with Crippen molar-refractivity contribution in [2.24, 2.45) is 0 Å². The van der Waals surface area contributed by atoms with Crippen molar-refractivity contribution in [1.82, 2.24) is 4.98 Å². The summed E-state index contributed by atoms with van der Waals surface area (Å²) in [6, 6.07) is 21.7. The number of nitrogens with zero attached hydrogens (tertiary/aromatic N) is 1. The van der Waals surface area contributed by atoms with E-state index in [1.54, 1.807) is 11.3 Å². The molecule has 1 aromatic heterocycles. The highest BCUT2D eigenvalue weighted by atomic mass is 79.9. The van der Waals surface area contributed by atoms with Gasteiger partial charge in [0.25, 0.3) is 5.91 Å². The highest BCUT2D eigenvalue weighted by Gasteiger charge is 2.14. The van der Waals surface area contributed by atoms with Crippen LogP contribution < -0.4 is 5.32 Å². The van der Waals surface area contributed by atoms with E-state index in [4.69, 9.17) is 4.98 Å². The Balaban J connectivity index is 1.67. The van der Waals surface area contributed by atoms with Gasteiger partial charge in [0.05, 0.1) is 15.9 Å². The van der Waals surface area contributed by atoms with Crippen molar-refractivity contribution in [1.29, 1.82) is 0 Å². The maximum atomic E-state index is 12.8. The van der Waals surface area contributed by atoms with Crippen molar-refractivity contribution in [2.45, 2.75) is 19.8 Å². The van der Waals surface area contributed by atoms with Crippen LogP contribution in [0.15, 0.2) is 71.2 Å². The highest BCUT2D eigenvalue weighted by molar-refractivity contribution is 9.10. The molecule has 0 spiro atoms. The molecule has 0 unspecified atom stereocenters. The largest absolute Gasteiger partial charge is 0.321 e. The molecule has 28 heavy (non-hydrogen) atoms. The van der Waals surface area contributed by atoms with Gasteiger partial charge >= 0.3 is 0 Å². The number of amides is 1. The average Bonchev–Trinajstić information content (AvgIpc) is 3.13. The van der Waals surface area contributed by atoms with Crippen molar-refractivity contribution in [3.05, 3.63) is 82.3 Å². The van der Waals surface area contributed by atoms with E-state index in [9.17, 15) is 4.79 Å². The zero-order valence-corrected chi connectivity index (χ0v) is 18.0. The van der Waals surface area contributed by atoms with Gasteiger partial charge < -0.3 is 5.32 Å². The average molecular weight is 451 g/mol. The molecule has 0 fully saturated rings. The van der Waals surface area contributed by atoms with Gasteiger partial charge in [-0.15, -0.1) is 11.3 Å². The lowest BCUT2D eigenvalue weighted by molar-refractivity contribution is 0.102. The van der Waals surface area contributed by atoms with Gasteiger partial charge in [-0.05, 0) is 53.9 Å². The molecule has 3 aromatic carbocycles. The number of aromatic nitrogens is 1. The van der Waals surface area contributed by atoms with Crippen LogP contribution in [0.25, 0.3) is 20.8 Å². The maximum Gasteiger partial charge on any atom is 0.255 e. The minimum atomic E-state index is -0.125. The molecule has 0 bridgehead atoms. The van der Waals surface area contributed by atoms with E-state index in [2.05, 4.69) is 41.2 Å². The molecular weight excluding hydrogens is 432 g/mol. The summed E-state index contributed by atoms with van der Waals surface area (Å²) in [5.41, 5.74) is 4.48. The Kier molecular flexibility index (Phi) is 5.29. The second-order valence-corrected chi connectivity index (χ2v) is 8.85. The molecule has 0 aliphatic heterocycles. The normalized spacial score (nSPS) is 11.1. The summed E-state index contributed by atoms with van der Waals surface area (Å²) in [5.74, 6) is 0.314. The van der Waals surface area contributed by atoms with E-state index in [0.29, 0.717) is 11.5 Å². The molecule has 0 saturated heterocycles. The summed E-state index contributed by atoms with van der Waals surface area (Å²) in [6.45, 7) is 4.28. The monoisotopic (exact) mass is 450 g/mol. The van der Waals surface area contributed by atoms with Crippen molar-refractivity contribution in [3.63, 3.8) is 0 Å². The van der Waals surface area contributed by atoms with Crippen LogP contribution in [-0.2, 0) is 0 Å². The predicted octanol–water partition coefficient (Wildman–Crippen LogP) is 7.10. The molecule has 5 heteroatoms. The van der Waals surface area contributed by atoms with E-state index < -0.39 is 0 Å². The van der Waals surface area contributed by atoms with Gasteiger partial charge in [0.2, 0.25) is 0 Å². The number of thiazole rings is 1. The summed E-state index contributed by atoms with van der Waals surface area (Å²) in [5, 5.41) is 3.93. The molecule has 140 valence electrons. The van der Waals surface area contributed by atoms with Crippen molar-refractivity contribution < 1.29 is 4.79 Å². The van der Waals surface area contributed by atoms with E-state index in [1.807, 2.05) is 60.7 Å². The third kappa shape index (κ3) is 3.86. The smallest absolute Gasteiger partial charge is 0.255 e. The summed E-state index contributed by atoms with van der Waals surface area (Å²) >= 11 is 5.15. The molecule has 0 aliphatic rings. The molecule has 4 rings (SSSR count). The minimum absolute atomic E-state index is 0.125. The van der Waals surface area contributed by atoms with Crippen LogP contribution in [0.4, 0.5) is 5.69 Å². The Morgan fingerprint density at radius 3 is 2.50 bits per heavy atom. The lowest BCUT2D eigenvalue weighted by Gasteiger charge is -2.11. The number of carbonyl (C=O) groups is 1. The van der Waals surface area contributed by atoms with E-state index >= 15 is 0 Å². The van der Waals surface area contributed by atoms with Crippen LogP contribution in [0.3, 0.4) is 0 Å². The first-order valence-corrected chi connectivity index (χ1v) is 10.7. The first kappa shape index (κ1) is 18.8. The molecule has 1 amide bonds. The predicted molar refractivity (Wildman–Crippen MR) is 121 cm³/mol. The second-order valence-electron chi connectivity index (χ2n) is 6.91. The molecule has 0 radical (unpaired) electrons. The third-order valence-corrected chi connectivity index (χ3v) is 6.16. The Morgan fingerprint density at radius 2 is 1.79 bits per heavy atom. The van der Waals surface area contributed by atoms with E-state index in [1.165, 1.54) is 5.56 Å². The Labute approximate surface area is 176 Å². The molecule has 0 aliphatic carbocycles. The van der Waals surface area contributed by atoms with Crippen LogP contribution in [0.5, 0.6) is 0 Å². The van der Waals surface area contributed by atoms with Crippen LogP contribution in [0.2, 0.25) is 0 Å². The Hall–Kier alpha value is -2.50. The Bertz CT molecular complexity index is 1120. The quantitative estimate of drug-likeness (QED) is 0.360. The lowest BCUT2D eigenvalue weighted by Crippen LogP contribution is -2.12. The standard InChI is InChI=1S/C23H19BrN2OS/c1-14(2)15-7-9-16(10-8-15)22(27)25-19-12-11-17(24)13-18(19)23-26-20-5-3-4-6-21(20)28-23/h3-14H,1-2H3,(H,25,27). The second kappa shape index (κ2) is 7.86. The number of fused-ring (bicyclic) bond motifs is 1. The fraction of sp³-hybridized carbons (Fsp3) is 0.130. The summed E-state index contributed by atoms with van der Waals surface area (Å²) in [4.78, 5) is 17.5. The lowest BCUT2D eigenvalue weighted by atomic mass is 10.0. The topological polar surface area (TPSA) is 42.0 Å². The number of rotatable bonds is 4. The minimum Gasteiger partial charge on any atom is -0.321 e. The van der Waals surface area contributed by atoms with Crippen LogP contribution in [0.1, 0.15) is 35.7 Å². The third-order valence-electron chi connectivity index (χ3n) is 4.59. The fourth-order valence-electron chi connectivity index (χ4n) is 3.00. The molecule has 4 aromatic rings. The van der Waals surface area contributed by atoms with Gasteiger partial charge in [-0.1, -0.05) is 54.0 Å². The van der Waals surface area contributed by atoms with Gasteiger partial charge in [0.1, 0.15) is 5.01 Å². The van der Waals surface area contributed by atoms with Gasteiger partial charge in [-0.2, -0.15) is 0 Å². The van der Waals surface area contributed by atoms with Crippen LogP contribution in [-0.4, -0.2) is 10.9 Å². The molecule has 1 N–H and O–H groups in total. The molecule has 0 atom stereocenters. The number of hydrogen-bond acceptors (Lipinski definition) is 3. The van der Waals surface area contributed by atoms with Crippen LogP contribution >= 0.6 is 27.3 Å². The van der Waals surface area contributed by atoms with Gasteiger partial charge in [-0.3, -0.25) is 4.79 Å². The first-order chi connectivity index (χ1) is 13.5. The summed E-state index contributed by atoms with van der Waals surface area (Å²) in [7, 11) is 0. The molecular formula is C23H19BrN2OS. The number of carbonyl (C=O) groups excluding carboxylic acids is 1. The first-order valence-electron chi connectivity index (χ1n) is 9.08.